The lowest BCUT2D eigenvalue weighted by molar-refractivity contribution is 0.236. The van der Waals surface area contributed by atoms with Crippen LogP contribution >= 0.6 is 0 Å². The molecule has 1 aliphatic heterocycles. The Kier molecular flexibility index (Phi) is 6.91. The van der Waals surface area contributed by atoms with Crippen molar-refractivity contribution in [2.75, 3.05) is 18.4 Å². The largest absolute Gasteiger partial charge is 0.387 e. The third kappa shape index (κ3) is 5.45. The fraction of sp³-hybridized carbons (Fsp3) is 0.400. The van der Waals surface area contributed by atoms with Gasteiger partial charge in [-0.05, 0) is 67.0 Å². The Bertz CT molecular complexity index is 1500. The monoisotopic (exact) mass is 521 g/mol. The third-order valence-electron chi connectivity index (χ3n) is 7.98. The van der Waals surface area contributed by atoms with Crippen molar-refractivity contribution >= 4 is 28.4 Å². The summed E-state index contributed by atoms with van der Waals surface area (Å²) in [7, 11) is 0. The van der Waals surface area contributed by atoms with Crippen molar-refractivity contribution in [3.05, 3.63) is 66.4 Å². The van der Waals surface area contributed by atoms with Gasteiger partial charge in [0.15, 0.2) is 11.6 Å². The molecular formula is C30H35N9. The van der Waals surface area contributed by atoms with Gasteiger partial charge >= 0.3 is 0 Å². The fourth-order valence-electron chi connectivity index (χ4n) is 5.47. The van der Waals surface area contributed by atoms with Gasteiger partial charge in [-0.25, -0.2) is 19.9 Å². The van der Waals surface area contributed by atoms with Crippen molar-refractivity contribution in [1.29, 1.82) is 0 Å². The maximum atomic E-state index is 6.23. The topological polar surface area (TPSA) is 127 Å². The van der Waals surface area contributed by atoms with E-state index in [2.05, 4.69) is 44.4 Å². The van der Waals surface area contributed by atoms with E-state index < -0.39 is 0 Å². The summed E-state index contributed by atoms with van der Waals surface area (Å²) in [6.07, 6.45) is 12.5. The second kappa shape index (κ2) is 10.6. The summed E-state index contributed by atoms with van der Waals surface area (Å²) < 4.78 is 0. The highest BCUT2D eigenvalue weighted by atomic mass is 15.1. The van der Waals surface area contributed by atoms with Gasteiger partial charge in [-0.15, -0.1) is 0 Å². The van der Waals surface area contributed by atoms with Gasteiger partial charge in [-0.1, -0.05) is 26.3 Å². The first-order chi connectivity index (χ1) is 19.0. The molecule has 6 rings (SSSR count). The van der Waals surface area contributed by atoms with Crippen molar-refractivity contribution in [1.82, 2.24) is 30.2 Å². The van der Waals surface area contributed by atoms with E-state index in [1.807, 2.05) is 42.7 Å². The maximum absolute atomic E-state index is 6.23. The van der Waals surface area contributed by atoms with Gasteiger partial charge in [-0.3, -0.25) is 9.97 Å². The molecule has 1 aliphatic carbocycles. The number of fused-ring (bicyclic) bond motifs is 1. The van der Waals surface area contributed by atoms with Crippen LogP contribution in [0.4, 0.5) is 11.6 Å². The van der Waals surface area contributed by atoms with Crippen LogP contribution in [0.25, 0.3) is 22.3 Å². The fourth-order valence-corrected chi connectivity index (χ4v) is 5.47. The number of aromatic nitrogens is 5. The Morgan fingerprint density at radius 2 is 2.00 bits per heavy atom. The van der Waals surface area contributed by atoms with Crippen molar-refractivity contribution < 1.29 is 0 Å². The Hall–Kier alpha value is -3.98. The van der Waals surface area contributed by atoms with Crippen LogP contribution < -0.4 is 16.4 Å². The van der Waals surface area contributed by atoms with Crippen LogP contribution in [-0.2, 0) is 6.42 Å². The smallest absolute Gasteiger partial charge is 0.162 e. The Morgan fingerprint density at radius 3 is 2.77 bits per heavy atom. The summed E-state index contributed by atoms with van der Waals surface area (Å²) >= 11 is 0. The van der Waals surface area contributed by atoms with Gasteiger partial charge in [-0.2, -0.15) is 0 Å². The van der Waals surface area contributed by atoms with Crippen LogP contribution in [0, 0.1) is 5.41 Å². The van der Waals surface area contributed by atoms with E-state index in [-0.39, 0.29) is 11.5 Å². The minimum Gasteiger partial charge on any atom is -0.387 e. The minimum atomic E-state index is 0.0863. The van der Waals surface area contributed by atoms with Crippen molar-refractivity contribution in [2.24, 2.45) is 16.1 Å². The molecule has 1 unspecified atom stereocenters. The number of anilines is 1. The Morgan fingerprint density at radius 1 is 1.10 bits per heavy atom. The number of pyridine rings is 3. The van der Waals surface area contributed by atoms with Gasteiger partial charge in [0.2, 0.25) is 0 Å². The average molecular weight is 522 g/mol. The summed E-state index contributed by atoms with van der Waals surface area (Å²) in [5.74, 6) is 2.98. The highest BCUT2D eigenvalue weighted by molar-refractivity contribution is 5.93. The molecule has 4 N–H and O–H groups in total. The first kappa shape index (κ1) is 25.3. The SMILES string of the molecule is CC1(C)CNCCC1Nc1nc(-c2ccnc(N=C(N)Cc3ccccn3)c2)nc2cncc(C3CCC3)c12. The molecule has 9 heteroatoms. The summed E-state index contributed by atoms with van der Waals surface area (Å²) in [6.45, 7) is 6.55. The number of nitrogens with two attached hydrogens (primary N) is 1. The highest BCUT2D eigenvalue weighted by Gasteiger charge is 2.33. The molecule has 2 aliphatic rings. The number of nitrogens with one attached hydrogen (secondary N) is 2. The molecule has 1 saturated carbocycles. The predicted octanol–water partition coefficient (Wildman–Crippen LogP) is 4.78. The molecule has 39 heavy (non-hydrogen) atoms. The number of aliphatic imine (C=N–C) groups is 1. The predicted molar refractivity (Wildman–Crippen MR) is 155 cm³/mol. The first-order valence-corrected chi connectivity index (χ1v) is 13.8. The van der Waals surface area contributed by atoms with Gasteiger partial charge in [0.25, 0.3) is 0 Å². The summed E-state index contributed by atoms with van der Waals surface area (Å²) in [6, 6.07) is 9.83. The van der Waals surface area contributed by atoms with E-state index in [0.717, 1.165) is 47.5 Å². The van der Waals surface area contributed by atoms with E-state index in [1.165, 1.54) is 24.8 Å². The average Bonchev–Trinajstić information content (AvgIpc) is 2.89. The molecule has 5 heterocycles. The van der Waals surface area contributed by atoms with E-state index in [1.54, 1.807) is 12.4 Å². The zero-order valence-corrected chi connectivity index (χ0v) is 22.6. The van der Waals surface area contributed by atoms with Gasteiger partial charge in [0.1, 0.15) is 11.7 Å². The molecule has 4 aromatic heterocycles. The third-order valence-corrected chi connectivity index (χ3v) is 7.98. The van der Waals surface area contributed by atoms with Gasteiger partial charge in [0.05, 0.1) is 11.7 Å². The van der Waals surface area contributed by atoms with Crippen LogP contribution in [-0.4, -0.2) is 49.9 Å². The molecule has 1 atom stereocenters. The molecule has 2 fully saturated rings. The standard InChI is InChI=1S/C30H35N9/c1-30(2)18-32-12-10-24(30)37-29-27-22(19-6-5-7-19)16-33-17-23(27)36-28(39-29)20-9-13-35-26(14-20)38-25(31)15-21-8-3-4-11-34-21/h3-4,8-9,11,13-14,16-17,19,24,32H,5-7,10,12,15,18H2,1-2H3,(H2,31,35,38)(H,36,37,39). The lowest BCUT2D eigenvalue weighted by Gasteiger charge is -2.40. The Balaban J connectivity index is 1.39. The van der Waals surface area contributed by atoms with Crippen LogP contribution in [0.2, 0.25) is 0 Å². The molecule has 0 amide bonds. The van der Waals surface area contributed by atoms with E-state index >= 15 is 0 Å². The molecule has 0 spiro atoms. The quantitative estimate of drug-likeness (QED) is 0.234. The molecular weight excluding hydrogens is 486 g/mol. The molecule has 0 bridgehead atoms. The lowest BCUT2D eigenvalue weighted by atomic mass is 9.78. The number of nitrogens with zero attached hydrogens (tertiary/aromatic N) is 6. The molecule has 200 valence electrons. The molecule has 0 radical (unpaired) electrons. The second-order valence-electron chi connectivity index (χ2n) is 11.3. The van der Waals surface area contributed by atoms with Crippen LogP contribution in [0.3, 0.4) is 0 Å². The molecule has 0 aromatic carbocycles. The van der Waals surface area contributed by atoms with Crippen LogP contribution in [0.5, 0.6) is 0 Å². The van der Waals surface area contributed by atoms with Crippen molar-refractivity contribution in [3.63, 3.8) is 0 Å². The Labute approximate surface area is 228 Å². The number of hydrogen-bond donors (Lipinski definition) is 3. The summed E-state index contributed by atoms with van der Waals surface area (Å²) in [5, 5.41) is 8.48. The van der Waals surface area contributed by atoms with Gasteiger partial charge in [0, 0.05) is 54.2 Å². The zero-order chi connectivity index (χ0) is 26.8. The van der Waals surface area contributed by atoms with Crippen LogP contribution in [0.15, 0.2) is 60.1 Å². The van der Waals surface area contributed by atoms with E-state index in [9.17, 15) is 0 Å². The number of hydrogen-bond acceptors (Lipinski definition) is 8. The second-order valence-corrected chi connectivity index (χ2v) is 11.3. The first-order valence-electron chi connectivity index (χ1n) is 13.8. The summed E-state index contributed by atoms with van der Waals surface area (Å²) in [4.78, 5) is 28.0. The molecule has 4 aromatic rings. The summed E-state index contributed by atoms with van der Waals surface area (Å²) in [5.41, 5.74) is 10.1. The van der Waals surface area contributed by atoms with Crippen molar-refractivity contribution in [2.45, 2.75) is 57.9 Å². The van der Waals surface area contributed by atoms with E-state index in [4.69, 9.17) is 15.7 Å². The zero-order valence-electron chi connectivity index (χ0n) is 22.6. The molecule has 1 saturated heterocycles. The minimum absolute atomic E-state index is 0.0863. The number of amidine groups is 1. The van der Waals surface area contributed by atoms with E-state index in [0.29, 0.717) is 29.8 Å². The lowest BCUT2D eigenvalue weighted by Crippen LogP contribution is -2.49. The number of rotatable bonds is 7. The highest BCUT2D eigenvalue weighted by Crippen LogP contribution is 2.42. The molecule has 9 nitrogen and oxygen atoms in total. The maximum Gasteiger partial charge on any atom is 0.162 e. The van der Waals surface area contributed by atoms with Crippen molar-refractivity contribution in [3.8, 4) is 11.4 Å². The normalized spacial score (nSPS) is 19.5. The van der Waals surface area contributed by atoms with Gasteiger partial charge < -0.3 is 16.4 Å². The van der Waals surface area contributed by atoms with Crippen LogP contribution in [0.1, 0.15) is 56.7 Å². The number of piperidine rings is 1.